The summed E-state index contributed by atoms with van der Waals surface area (Å²) in [7, 11) is 0. The molecule has 0 fully saturated rings. The second kappa shape index (κ2) is 8.04. The Morgan fingerprint density at radius 1 is 1.06 bits per heavy atom. The molecule has 0 aliphatic carbocycles. The monoisotopic (exact) mass is 229 g/mol. The molecule has 98 valence electrons. The van der Waals surface area contributed by atoms with Gasteiger partial charge in [-0.05, 0) is 40.8 Å². The fourth-order valence-corrected chi connectivity index (χ4v) is 1.69. The van der Waals surface area contributed by atoms with Crippen LogP contribution in [0.25, 0.3) is 0 Å². The largest absolute Gasteiger partial charge is 0.312 e. The van der Waals surface area contributed by atoms with Gasteiger partial charge in [-0.25, -0.2) is 0 Å². The van der Waals surface area contributed by atoms with Gasteiger partial charge in [-0.1, -0.05) is 13.8 Å². The molecule has 0 rings (SSSR count). The lowest BCUT2D eigenvalue weighted by atomic mass is 10.1. The summed E-state index contributed by atoms with van der Waals surface area (Å²) < 4.78 is 0. The van der Waals surface area contributed by atoms with E-state index in [-0.39, 0.29) is 5.54 Å². The highest BCUT2D eigenvalue weighted by Crippen LogP contribution is 1.96. The fourth-order valence-electron chi connectivity index (χ4n) is 1.69. The highest BCUT2D eigenvalue weighted by atomic mass is 15.1. The highest BCUT2D eigenvalue weighted by molar-refractivity contribution is 4.72. The van der Waals surface area contributed by atoms with Gasteiger partial charge in [-0.2, -0.15) is 0 Å². The SMILES string of the molecule is CCN(CC)CC(C)NCCNC(C)(C)C. The first-order valence-corrected chi connectivity index (χ1v) is 6.59. The van der Waals surface area contributed by atoms with E-state index >= 15 is 0 Å². The van der Waals surface area contributed by atoms with E-state index in [0.717, 1.165) is 32.7 Å². The van der Waals surface area contributed by atoms with Crippen LogP contribution in [0.3, 0.4) is 0 Å². The number of hydrogen-bond acceptors (Lipinski definition) is 3. The molecule has 3 heteroatoms. The third kappa shape index (κ3) is 9.13. The van der Waals surface area contributed by atoms with E-state index in [1.165, 1.54) is 0 Å². The lowest BCUT2D eigenvalue weighted by molar-refractivity contribution is 0.270. The lowest BCUT2D eigenvalue weighted by Crippen LogP contribution is -2.44. The molecule has 1 atom stereocenters. The summed E-state index contributed by atoms with van der Waals surface area (Å²) in [5, 5.41) is 7.03. The van der Waals surface area contributed by atoms with Crippen molar-refractivity contribution in [3.63, 3.8) is 0 Å². The van der Waals surface area contributed by atoms with Gasteiger partial charge in [0.15, 0.2) is 0 Å². The van der Waals surface area contributed by atoms with Crippen molar-refractivity contribution in [2.75, 3.05) is 32.7 Å². The molecule has 0 aromatic heterocycles. The second-order valence-electron chi connectivity index (χ2n) is 5.52. The topological polar surface area (TPSA) is 27.3 Å². The molecular weight excluding hydrogens is 198 g/mol. The second-order valence-corrected chi connectivity index (χ2v) is 5.52. The maximum Gasteiger partial charge on any atom is 0.0167 e. The van der Waals surface area contributed by atoms with Gasteiger partial charge in [-0.3, -0.25) is 0 Å². The number of hydrogen-bond donors (Lipinski definition) is 2. The summed E-state index contributed by atoms with van der Waals surface area (Å²) in [6, 6.07) is 0.571. The van der Waals surface area contributed by atoms with Crippen LogP contribution in [0.2, 0.25) is 0 Å². The molecule has 0 aromatic carbocycles. The molecule has 0 aliphatic heterocycles. The van der Waals surface area contributed by atoms with Gasteiger partial charge in [0.25, 0.3) is 0 Å². The van der Waals surface area contributed by atoms with E-state index in [1.54, 1.807) is 0 Å². The Labute approximate surface area is 102 Å². The van der Waals surface area contributed by atoms with Crippen molar-refractivity contribution >= 4 is 0 Å². The van der Waals surface area contributed by atoms with Crippen LogP contribution < -0.4 is 10.6 Å². The molecule has 0 spiro atoms. The third-order valence-electron chi connectivity index (χ3n) is 2.70. The molecule has 0 amide bonds. The minimum absolute atomic E-state index is 0.226. The van der Waals surface area contributed by atoms with Crippen LogP contribution in [-0.2, 0) is 0 Å². The first kappa shape index (κ1) is 15.9. The normalized spacial score (nSPS) is 14.4. The summed E-state index contributed by atoms with van der Waals surface area (Å²) in [5.74, 6) is 0. The smallest absolute Gasteiger partial charge is 0.0167 e. The first-order chi connectivity index (χ1) is 7.39. The van der Waals surface area contributed by atoms with Crippen molar-refractivity contribution in [1.29, 1.82) is 0 Å². The summed E-state index contributed by atoms with van der Waals surface area (Å²) in [5.41, 5.74) is 0.226. The zero-order chi connectivity index (χ0) is 12.6. The van der Waals surface area contributed by atoms with Crippen LogP contribution in [-0.4, -0.2) is 49.2 Å². The van der Waals surface area contributed by atoms with Crippen molar-refractivity contribution in [2.24, 2.45) is 0 Å². The predicted molar refractivity (Wildman–Crippen MR) is 73.0 cm³/mol. The average Bonchev–Trinajstić information content (AvgIpc) is 2.19. The molecule has 3 nitrogen and oxygen atoms in total. The standard InChI is InChI=1S/C13H31N3/c1-7-16(8-2)11-12(3)14-9-10-15-13(4,5)6/h12,14-15H,7-11H2,1-6H3. The van der Waals surface area contributed by atoms with Crippen LogP contribution in [0.15, 0.2) is 0 Å². The summed E-state index contributed by atoms with van der Waals surface area (Å²) in [6.45, 7) is 18.8. The van der Waals surface area contributed by atoms with Crippen molar-refractivity contribution < 1.29 is 0 Å². The first-order valence-electron chi connectivity index (χ1n) is 6.59. The van der Waals surface area contributed by atoms with Crippen LogP contribution in [0.1, 0.15) is 41.5 Å². The summed E-state index contributed by atoms with van der Waals surface area (Å²) in [4.78, 5) is 2.45. The molecule has 1 unspecified atom stereocenters. The Bertz CT molecular complexity index is 159. The molecule has 0 bridgehead atoms. The van der Waals surface area contributed by atoms with Crippen LogP contribution in [0.4, 0.5) is 0 Å². The van der Waals surface area contributed by atoms with Gasteiger partial charge in [0, 0.05) is 31.2 Å². The fraction of sp³-hybridized carbons (Fsp3) is 1.00. The van der Waals surface area contributed by atoms with Gasteiger partial charge in [0.1, 0.15) is 0 Å². The van der Waals surface area contributed by atoms with E-state index in [2.05, 4.69) is 57.1 Å². The Morgan fingerprint density at radius 3 is 2.06 bits per heavy atom. The Balaban J connectivity index is 3.54. The van der Waals surface area contributed by atoms with Crippen molar-refractivity contribution in [1.82, 2.24) is 15.5 Å². The number of nitrogens with zero attached hydrogens (tertiary/aromatic N) is 1. The molecular formula is C13H31N3. The third-order valence-corrected chi connectivity index (χ3v) is 2.70. The van der Waals surface area contributed by atoms with Gasteiger partial charge in [-0.15, -0.1) is 0 Å². The van der Waals surface area contributed by atoms with Crippen LogP contribution in [0.5, 0.6) is 0 Å². The molecule has 0 heterocycles. The molecule has 0 radical (unpaired) electrons. The minimum Gasteiger partial charge on any atom is -0.312 e. The number of nitrogens with one attached hydrogen (secondary N) is 2. The van der Waals surface area contributed by atoms with E-state index in [9.17, 15) is 0 Å². The van der Waals surface area contributed by atoms with Crippen molar-refractivity contribution in [3.05, 3.63) is 0 Å². The van der Waals surface area contributed by atoms with E-state index in [1.807, 2.05) is 0 Å². The Hall–Kier alpha value is -0.120. The summed E-state index contributed by atoms with van der Waals surface area (Å²) >= 11 is 0. The highest BCUT2D eigenvalue weighted by Gasteiger charge is 2.09. The number of likely N-dealkylation sites (N-methyl/N-ethyl adjacent to an activating group) is 1. The van der Waals surface area contributed by atoms with Gasteiger partial charge in [0.05, 0.1) is 0 Å². The average molecular weight is 229 g/mol. The van der Waals surface area contributed by atoms with Gasteiger partial charge in [0.2, 0.25) is 0 Å². The lowest BCUT2D eigenvalue weighted by Gasteiger charge is -2.25. The van der Waals surface area contributed by atoms with Crippen LogP contribution >= 0.6 is 0 Å². The quantitative estimate of drug-likeness (QED) is 0.620. The van der Waals surface area contributed by atoms with Crippen LogP contribution in [0, 0.1) is 0 Å². The predicted octanol–water partition coefficient (Wildman–Crippen LogP) is 1.69. The zero-order valence-electron chi connectivity index (χ0n) is 12.1. The van der Waals surface area contributed by atoms with E-state index in [4.69, 9.17) is 0 Å². The van der Waals surface area contributed by atoms with Crippen molar-refractivity contribution in [3.8, 4) is 0 Å². The Morgan fingerprint density at radius 2 is 1.62 bits per heavy atom. The molecule has 0 saturated carbocycles. The van der Waals surface area contributed by atoms with Crippen molar-refractivity contribution in [2.45, 2.75) is 53.1 Å². The molecule has 16 heavy (non-hydrogen) atoms. The summed E-state index contributed by atoms with van der Waals surface area (Å²) in [6.07, 6.45) is 0. The Kier molecular flexibility index (Phi) is 7.98. The molecule has 0 aromatic rings. The minimum atomic E-state index is 0.226. The number of rotatable bonds is 8. The maximum atomic E-state index is 3.55. The van der Waals surface area contributed by atoms with E-state index in [0.29, 0.717) is 6.04 Å². The zero-order valence-corrected chi connectivity index (χ0v) is 12.1. The van der Waals surface area contributed by atoms with E-state index < -0.39 is 0 Å². The van der Waals surface area contributed by atoms with Gasteiger partial charge < -0.3 is 15.5 Å². The molecule has 0 aliphatic rings. The molecule has 2 N–H and O–H groups in total. The van der Waals surface area contributed by atoms with Gasteiger partial charge >= 0.3 is 0 Å². The molecule has 0 saturated heterocycles. The maximum absolute atomic E-state index is 3.55.